The van der Waals surface area contributed by atoms with E-state index in [1.165, 1.54) is 32.0 Å². The fourth-order valence-corrected chi connectivity index (χ4v) is 8.07. The molecule has 8 heterocycles. The maximum atomic E-state index is 13.1. The van der Waals surface area contributed by atoms with Crippen molar-refractivity contribution in [2.45, 2.75) is 175 Å². The molecule has 20 nitrogen and oxygen atoms in total. The summed E-state index contributed by atoms with van der Waals surface area (Å²) in [6, 6.07) is 0.540. The minimum atomic E-state index is -5.08. The van der Waals surface area contributed by atoms with Gasteiger partial charge in [-0.1, -0.05) is 27.7 Å². The lowest BCUT2D eigenvalue weighted by molar-refractivity contribution is -0.193. The zero-order chi connectivity index (χ0) is 67.2. The van der Waals surface area contributed by atoms with Gasteiger partial charge in [0.05, 0.1) is 89.8 Å². The summed E-state index contributed by atoms with van der Waals surface area (Å²) in [5.41, 5.74) is 3.94. The fourth-order valence-electron chi connectivity index (χ4n) is 8.07. The maximum Gasteiger partial charge on any atom is 0.490 e. The first-order chi connectivity index (χ1) is 40.2. The summed E-state index contributed by atoms with van der Waals surface area (Å²) in [4.78, 5) is 73.4. The van der Waals surface area contributed by atoms with Gasteiger partial charge in [-0.3, -0.25) is 28.5 Å². The molecule has 4 aliphatic rings. The molecule has 0 saturated carbocycles. The van der Waals surface area contributed by atoms with Crippen molar-refractivity contribution in [3.63, 3.8) is 0 Å². The monoisotopic (exact) mass is 1300 g/mol. The summed E-state index contributed by atoms with van der Waals surface area (Å²) in [7, 11) is 0. The number of imidazole rings is 2. The van der Waals surface area contributed by atoms with Crippen LogP contribution in [0.4, 0.5) is 74.6 Å². The predicted octanol–water partition coefficient (Wildman–Crippen LogP) is 9.17. The Hall–Kier alpha value is -6.89. The molecule has 4 aromatic rings. The van der Waals surface area contributed by atoms with E-state index in [0.29, 0.717) is 86.6 Å². The number of carbonyl (C=O) groups is 6. The van der Waals surface area contributed by atoms with E-state index < -0.39 is 109 Å². The number of nitrogens with zero attached hydrogens (tertiary/aromatic N) is 8. The average molecular weight is 1300 g/mol. The lowest BCUT2D eigenvalue weighted by Crippen LogP contribution is -2.37. The van der Waals surface area contributed by atoms with Gasteiger partial charge in [-0.25, -0.2) is 28.3 Å². The van der Waals surface area contributed by atoms with Crippen LogP contribution in [0.1, 0.15) is 139 Å². The molecule has 496 valence electrons. The van der Waals surface area contributed by atoms with E-state index in [4.69, 9.17) is 19.8 Å². The van der Waals surface area contributed by atoms with Gasteiger partial charge in [-0.05, 0) is 20.8 Å². The molecule has 6 N–H and O–H groups in total. The fraction of sp³-hybridized carbons (Fsp3) is 0.647. The summed E-state index contributed by atoms with van der Waals surface area (Å²) >= 11 is 0. The van der Waals surface area contributed by atoms with Crippen molar-refractivity contribution in [3.8, 4) is 0 Å². The number of carboxylic acid groups (broad SMARTS) is 2. The molecule has 0 aromatic carbocycles. The lowest BCUT2D eigenvalue weighted by Gasteiger charge is -2.23. The third kappa shape index (κ3) is 22.9. The van der Waals surface area contributed by atoms with Gasteiger partial charge < -0.3 is 40.6 Å². The highest BCUT2D eigenvalue weighted by molar-refractivity contribution is 5.98. The topological polar surface area (TPSA) is 262 Å². The number of aliphatic carboxylic acids is 2. The average Bonchev–Trinajstić information content (AvgIpc) is 2.64. The van der Waals surface area contributed by atoms with Gasteiger partial charge in [0.25, 0.3) is 0 Å². The van der Waals surface area contributed by atoms with Crippen molar-refractivity contribution in [1.29, 1.82) is 0 Å². The summed E-state index contributed by atoms with van der Waals surface area (Å²) in [6.45, 7) is 15.5. The first-order valence-corrected chi connectivity index (χ1v) is 26.6. The highest BCUT2D eigenvalue weighted by atomic mass is 19.4. The van der Waals surface area contributed by atoms with Crippen LogP contribution in [0.15, 0.2) is 25.0 Å². The highest BCUT2D eigenvalue weighted by Gasteiger charge is 2.42. The van der Waals surface area contributed by atoms with Gasteiger partial charge in [0, 0.05) is 96.0 Å². The Morgan fingerprint density at radius 1 is 0.500 bits per heavy atom. The molecule has 0 spiro atoms. The number of carboxylic acids is 2. The summed E-state index contributed by atoms with van der Waals surface area (Å²) in [6.07, 6.45) is -19.1. The number of ketones is 4. The Balaban J connectivity index is 0.000000286. The second-order valence-electron chi connectivity index (χ2n) is 21.1. The second kappa shape index (κ2) is 31.0. The molecule has 0 unspecified atom stereocenters. The predicted molar refractivity (Wildman–Crippen MR) is 274 cm³/mol. The Morgan fingerprint density at radius 2 is 0.795 bits per heavy atom. The van der Waals surface area contributed by atoms with E-state index >= 15 is 0 Å². The molecule has 0 radical (unpaired) electrons. The normalized spacial score (nSPS) is 18.0. The van der Waals surface area contributed by atoms with Crippen LogP contribution in [0, 0.1) is 23.7 Å². The molecule has 0 amide bonds. The minimum absolute atomic E-state index is 0.155. The molecule has 0 saturated heterocycles. The lowest BCUT2D eigenvalue weighted by atomic mass is 9.95. The molecule has 6 atom stereocenters. The number of rotatable bonds is 13. The van der Waals surface area contributed by atoms with Gasteiger partial charge in [0.1, 0.15) is 11.4 Å². The number of aromatic nitrogens is 8. The highest BCUT2D eigenvalue weighted by Crippen LogP contribution is 2.33. The van der Waals surface area contributed by atoms with E-state index in [1.54, 1.807) is 9.36 Å². The Labute approximate surface area is 490 Å². The summed E-state index contributed by atoms with van der Waals surface area (Å²) in [5, 5.41) is 35.0. The molecule has 88 heavy (non-hydrogen) atoms. The molecule has 0 fully saturated rings. The van der Waals surface area contributed by atoms with Gasteiger partial charge in [0.2, 0.25) is 5.92 Å². The Morgan fingerprint density at radius 3 is 1.08 bits per heavy atom. The van der Waals surface area contributed by atoms with Gasteiger partial charge >= 0.3 is 42.8 Å². The molecular formula is C51H65F17N12O8. The van der Waals surface area contributed by atoms with Crippen molar-refractivity contribution in [3.05, 3.63) is 70.3 Å². The molecule has 0 bridgehead atoms. The molecule has 37 heteroatoms. The van der Waals surface area contributed by atoms with Crippen LogP contribution in [-0.4, -0.2) is 146 Å². The molecular weight excluding hydrogens is 1230 g/mol. The summed E-state index contributed by atoms with van der Waals surface area (Å²) < 4.78 is 209. The second-order valence-corrected chi connectivity index (χ2v) is 21.1. The Kier molecular flexibility index (Phi) is 26.6. The zero-order valence-electron chi connectivity index (χ0n) is 48.0. The molecule has 4 aliphatic heterocycles. The minimum Gasteiger partial charge on any atom is -0.475 e. The number of nitrogens with one attached hydrogen (secondary N) is 4. The quantitative estimate of drug-likeness (QED) is 0.0538. The molecule has 4 aromatic heterocycles. The van der Waals surface area contributed by atoms with E-state index in [-0.39, 0.29) is 29.6 Å². The van der Waals surface area contributed by atoms with Gasteiger partial charge in [-0.2, -0.15) is 76.1 Å². The van der Waals surface area contributed by atoms with Crippen LogP contribution in [0.25, 0.3) is 0 Å². The number of fused-ring (bicyclic) bond motifs is 4. The van der Waals surface area contributed by atoms with Crippen molar-refractivity contribution < 1.29 is 114 Å². The van der Waals surface area contributed by atoms with E-state index in [2.05, 4.69) is 41.4 Å². The van der Waals surface area contributed by atoms with Crippen LogP contribution in [0.2, 0.25) is 0 Å². The third-order valence-electron chi connectivity index (χ3n) is 13.7. The van der Waals surface area contributed by atoms with Crippen molar-refractivity contribution in [2.75, 3.05) is 13.1 Å². The van der Waals surface area contributed by atoms with Crippen molar-refractivity contribution in [1.82, 2.24) is 59.9 Å². The van der Waals surface area contributed by atoms with Gasteiger partial charge in [0.15, 0.2) is 23.1 Å². The summed E-state index contributed by atoms with van der Waals surface area (Å²) in [5.74, 6) is -16.1. The third-order valence-corrected chi connectivity index (χ3v) is 13.7. The molecule has 0 aliphatic carbocycles. The SMILES string of the molecule is C[C@@H](CC(=O)c1ncn2c1CNCC2)C(F)(F)F.C[C@@H](CC(=O)c1ncn2c1CNCC2)C(F)(F)F.C[C@H]1Cn2ncc(C(=O)C[C@H](C)C(C)(F)F)c2CN1.C[C@H]1Cn2ncc(C(=O)C[C@H](C)C(F)(F)F)c2CN1.O=C(O)C(F)(F)F.O=C(O)C(F)(F)F. The maximum absolute atomic E-state index is 13.1. The first-order valence-electron chi connectivity index (χ1n) is 26.6. The number of Topliss-reactive ketones (excluding diaryl/α,β-unsaturated/α-hetero) is 4. The number of alkyl halides is 17. The van der Waals surface area contributed by atoms with Crippen LogP contribution in [0.5, 0.6) is 0 Å². The van der Waals surface area contributed by atoms with Gasteiger partial charge in [-0.15, -0.1) is 0 Å². The first kappa shape index (κ1) is 75.4. The van der Waals surface area contributed by atoms with E-state index in [9.17, 15) is 93.8 Å². The van der Waals surface area contributed by atoms with E-state index in [0.717, 1.165) is 46.5 Å². The van der Waals surface area contributed by atoms with Crippen LogP contribution in [-0.2, 0) is 61.9 Å². The zero-order valence-corrected chi connectivity index (χ0v) is 48.0. The van der Waals surface area contributed by atoms with Crippen LogP contribution >= 0.6 is 0 Å². The van der Waals surface area contributed by atoms with E-state index in [1.807, 2.05) is 23.0 Å². The van der Waals surface area contributed by atoms with Crippen molar-refractivity contribution in [2.24, 2.45) is 23.7 Å². The number of carbonyl (C=O) groups excluding carboxylic acids is 4. The number of hydrogen-bond donors (Lipinski definition) is 6. The largest absolute Gasteiger partial charge is 0.490 e. The van der Waals surface area contributed by atoms with Crippen LogP contribution in [0.3, 0.4) is 0 Å². The number of hydrogen-bond acceptors (Lipinski definition) is 14. The number of halogens is 17. The van der Waals surface area contributed by atoms with Crippen LogP contribution < -0.4 is 21.3 Å². The Bertz CT molecular complexity index is 2800. The van der Waals surface area contributed by atoms with Crippen molar-refractivity contribution >= 4 is 35.1 Å². The molecule has 8 rings (SSSR count). The standard InChI is InChI=1S/C13H19F2N3O.C12H16F3N3O.2C11H14F3N3O.2C2HF3O2/c1-8(13(3,14)15)4-12(19)10-5-17-18-7-9(2)16-6-11(10)18;1-7(12(13,14)15)3-11(19)9-4-17-18-6-8(2)16-5-10(9)18;2*1-7(11(12,13)14)4-9(18)10-8-5-15-2-3-17(8)6-16-10;2*3-2(4,5)1(6)7/h5,8-9,16H,4,6-7H2,1-3H3;4,7-8,16H,3,5-6H2,1-2H3;2*6-7,15H,2-5H2,1H3;2*(H,6,7)/t8-,9-;7-,8-;2*7-;;/m0000../s1. The smallest absolute Gasteiger partial charge is 0.475 e.